The zero-order chi connectivity index (χ0) is 21.3. The highest BCUT2D eigenvalue weighted by Gasteiger charge is 2.10. The molecule has 154 valence electrons. The van der Waals surface area contributed by atoms with Crippen molar-refractivity contribution in [2.75, 3.05) is 23.8 Å². The number of nitrogens with zero attached hydrogens (tertiary/aromatic N) is 3. The number of halogens is 1. The van der Waals surface area contributed by atoms with Crippen LogP contribution in [0.1, 0.15) is 0 Å². The van der Waals surface area contributed by atoms with Crippen LogP contribution in [-0.4, -0.2) is 45.6 Å². The number of carboxylic acid groups (broad SMARTS) is 1. The number of aliphatic carboxylic acids is 1. The number of aliphatic imine (C=N–C) groups is 1. The van der Waals surface area contributed by atoms with Gasteiger partial charge in [0, 0.05) is 11.8 Å². The number of benzene rings is 2. The minimum atomic E-state index is -1.18. The van der Waals surface area contributed by atoms with Gasteiger partial charge in [-0.2, -0.15) is 4.98 Å². The van der Waals surface area contributed by atoms with E-state index in [9.17, 15) is 9.18 Å². The second kappa shape index (κ2) is 9.94. The van der Waals surface area contributed by atoms with Gasteiger partial charge in [-0.1, -0.05) is 18.2 Å². The van der Waals surface area contributed by atoms with Crippen LogP contribution in [0.4, 0.5) is 33.2 Å². The SMILES string of the molecule is O=C(O)/C=N/c1ccccc1Nc1ncc(F)c(Nc2cccc(OCCO)c2)n1. The Morgan fingerprint density at radius 1 is 1.20 bits per heavy atom. The van der Waals surface area contributed by atoms with E-state index in [1.54, 1.807) is 48.5 Å². The lowest BCUT2D eigenvalue weighted by Gasteiger charge is -2.11. The second-order valence-electron chi connectivity index (χ2n) is 5.85. The van der Waals surface area contributed by atoms with Crippen molar-refractivity contribution in [1.82, 2.24) is 9.97 Å². The number of ether oxygens (including phenoxy) is 1. The summed E-state index contributed by atoms with van der Waals surface area (Å²) < 4.78 is 19.6. The van der Waals surface area contributed by atoms with Crippen molar-refractivity contribution in [3.63, 3.8) is 0 Å². The molecule has 2 aromatic carbocycles. The lowest BCUT2D eigenvalue weighted by Crippen LogP contribution is -2.04. The summed E-state index contributed by atoms with van der Waals surface area (Å²) in [5.41, 5.74) is 1.34. The molecule has 0 saturated carbocycles. The van der Waals surface area contributed by atoms with E-state index in [4.69, 9.17) is 14.9 Å². The molecule has 0 atom stereocenters. The van der Waals surface area contributed by atoms with Crippen LogP contribution >= 0.6 is 0 Å². The van der Waals surface area contributed by atoms with Gasteiger partial charge in [0.1, 0.15) is 18.6 Å². The van der Waals surface area contributed by atoms with Crippen molar-refractivity contribution < 1.29 is 24.1 Å². The molecule has 0 spiro atoms. The number of anilines is 4. The van der Waals surface area contributed by atoms with Crippen LogP contribution < -0.4 is 15.4 Å². The smallest absolute Gasteiger partial charge is 0.346 e. The molecule has 0 aliphatic carbocycles. The molecule has 0 unspecified atom stereocenters. The summed E-state index contributed by atoms with van der Waals surface area (Å²) in [7, 11) is 0. The molecule has 1 heterocycles. The van der Waals surface area contributed by atoms with Crippen LogP contribution in [0.15, 0.2) is 59.7 Å². The topological polar surface area (TPSA) is 129 Å². The minimum Gasteiger partial charge on any atom is -0.491 e. The van der Waals surface area contributed by atoms with Gasteiger partial charge in [-0.3, -0.25) is 0 Å². The summed E-state index contributed by atoms with van der Waals surface area (Å²) in [6.07, 6.45) is 1.78. The van der Waals surface area contributed by atoms with Gasteiger partial charge in [-0.15, -0.1) is 0 Å². The highest BCUT2D eigenvalue weighted by Crippen LogP contribution is 2.28. The molecule has 3 rings (SSSR count). The molecule has 0 amide bonds. The van der Waals surface area contributed by atoms with Gasteiger partial charge in [-0.05, 0) is 24.3 Å². The summed E-state index contributed by atoms with van der Waals surface area (Å²) in [6, 6.07) is 13.5. The van der Waals surface area contributed by atoms with Crippen molar-refractivity contribution >= 4 is 41.0 Å². The number of nitrogens with one attached hydrogen (secondary N) is 2. The highest BCUT2D eigenvalue weighted by atomic mass is 19.1. The number of hydrogen-bond donors (Lipinski definition) is 4. The predicted molar refractivity (Wildman–Crippen MR) is 110 cm³/mol. The fourth-order valence-electron chi connectivity index (χ4n) is 2.42. The van der Waals surface area contributed by atoms with Gasteiger partial charge in [0.15, 0.2) is 11.6 Å². The Balaban J connectivity index is 1.81. The molecule has 0 aliphatic heterocycles. The van der Waals surface area contributed by atoms with Crippen LogP contribution in [0.25, 0.3) is 0 Å². The van der Waals surface area contributed by atoms with E-state index in [1.165, 1.54) is 0 Å². The Hall–Kier alpha value is -4.05. The van der Waals surface area contributed by atoms with E-state index >= 15 is 0 Å². The minimum absolute atomic E-state index is 0.0710. The average Bonchev–Trinajstić information content (AvgIpc) is 2.74. The number of hydrogen-bond acceptors (Lipinski definition) is 8. The van der Waals surface area contributed by atoms with E-state index in [-0.39, 0.29) is 25.0 Å². The van der Waals surface area contributed by atoms with Crippen LogP contribution in [0.2, 0.25) is 0 Å². The number of carboxylic acids is 1. The van der Waals surface area contributed by atoms with Gasteiger partial charge in [0.25, 0.3) is 0 Å². The molecule has 10 heteroatoms. The molecule has 3 aromatic rings. The highest BCUT2D eigenvalue weighted by molar-refractivity contribution is 6.22. The van der Waals surface area contributed by atoms with E-state index in [0.29, 0.717) is 22.8 Å². The van der Waals surface area contributed by atoms with E-state index in [1.807, 2.05) is 0 Å². The Morgan fingerprint density at radius 2 is 2.03 bits per heavy atom. The van der Waals surface area contributed by atoms with Crippen molar-refractivity contribution in [2.45, 2.75) is 0 Å². The van der Waals surface area contributed by atoms with Crippen molar-refractivity contribution in [1.29, 1.82) is 0 Å². The predicted octanol–water partition coefficient (Wildman–Crippen LogP) is 3.26. The third-order valence-electron chi connectivity index (χ3n) is 3.67. The van der Waals surface area contributed by atoms with Gasteiger partial charge >= 0.3 is 5.97 Å². The molecular weight excluding hydrogens is 393 g/mol. The maximum atomic E-state index is 14.2. The monoisotopic (exact) mass is 411 g/mol. The van der Waals surface area contributed by atoms with E-state index in [0.717, 1.165) is 12.4 Å². The number of carbonyl (C=O) groups is 1. The quantitative estimate of drug-likeness (QED) is 0.395. The van der Waals surface area contributed by atoms with E-state index < -0.39 is 11.8 Å². The number of para-hydroxylation sites is 2. The molecule has 1 aromatic heterocycles. The zero-order valence-corrected chi connectivity index (χ0v) is 15.6. The average molecular weight is 411 g/mol. The van der Waals surface area contributed by atoms with Crippen molar-refractivity contribution in [2.24, 2.45) is 4.99 Å². The molecular formula is C20H18FN5O4. The third kappa shape index (κ3) is 5.72. The van der Waals surface area contributed by atoms with E-state index in [2.05, 4.69) is 25.6 Å². The Labute approximate surface area is 170 Å². The van der Waals surface area contributed by atoms with Gasteiger partial charge in [0.05, 0.1) is 24.2 Å². The van der Waals surface area contributed by atoms with Gasteiger partial charge < -0.3 is 25.6 Å². The van der Waals surface area contributed by atoms with Gasteiger partial charge in [-0.25, -0.2) is 19.2 Å². The molecule has 0 fully saturated rings. The Kier molecular flexibility index (Phi) is 6.85. The third-order valence-corrected chi connectivity index (χ3v) is 3.67. The molecule has 30 heavy (non-hydrogen) atoms. The first-order valence-corrected chi connectivity index (χ1v) is 8.81. The van der Waals surface area contributed by atoms with Crippen LogP contribution in [0, 0.1) is 5.82 Å². The zero-order valence-electron chi connectivity index (χ0n) is 15.6. The molecule has 0 aliphatic rings. The number of aliphatic hydroxyl groups excluding tert-OH is 1. The molecule has 0 radical (unpaired) electrons. The fraction of sp³-hybridized carbons (Fsp3) is 0.100. The Bertz CT molecular complexity index is 1060. The van der Waals surface area contributed by atoms with Crippen LogP contribution in [-0.2, 0) is 4.79 Å². The standard InChI is InChI=1S/C20H18FN5O4/c21-15-11-23-20(25-17-7-2-1-6-16(17)22-12-18(28)29)26-19(15)24-13-4-3-5-14(10-13)30-9-8-27/h1-7,10-12,27H,8-9H2,(H,28,29)(H2,23,24,25,26)/b22-12+. The fourth-order valence-corrected chi connectivity index (χ4v) is 2.42. The molecule has 0 saturated heterocycles. The number of rotatable bonds is 9. The summed E-state index contributed by atoms with van der Waals surface area (Å²) in [4.78, 5) is 22.6. The maximum absolute atomic E-state index is 14.2. The lowest BCUT2D eigenvalue weighted by atomic mass is 10.2. The second-order valence-corrected chi connectivity index (χ2v) is 5.85. The normalized spacial score (nSPS) is 10.7. The van der Waals surface area contributed by atoms with Crippen molar-refractivity contribution in [3.8, 4) is 5.75 Å². The molecule has 4 N–H and O–H groups in total. The first-order valence-electron chi connectivity index (χ1n) is 8.81. The summed E-state index contributed by atoms with van der Waals surface area (Å²) in [5, 5.41) is 23.4. The van der Waals surface area contributed by atoms with Crippen LogP contribution in [0.5, 0.6) is 5.75 Å². The van der Waals surface area contributed by atoms with Crippen molar-refractivity contribution in [3.05, 3.63) is 60.5 Å². The lowest BCUT2D eigenvalue weighted by molar-refractivity contribution is -0.128. The summed E-state index contributed by atoms with van der Waals surface area (Å²) >= 11 is 0. The largest absolute Gasteiger partial charge is 0.491 e. The summed E-state index contributed by atoms with van der Waals surface area (Å²) in [6.45, 7) is 0.0222. The van der Waals surface area contributed by atoms with Gasteiger partial charge in [0.2, 0.25) is 5.95 Å². The van der Waals surface area contributed by atoms with Crippen LogP contribution in [0.3, 0.4) is 0 Å². The first-order chi connectivity index (χ1) is 14.5. The molecule has 0 bridgehead atoms. The Morgan fingerprint density at radius 3 is 2.83 bits per heavy atom. The maximum Gasteiger partial charge on any atom is 0.346 e. The summed E-state index contributed by atoms with van der Waals surface area (Å²) in [5.74, 6) is -1.33. The number of aliphatic hydroxyl groups is 1. The molecule has 9 nitrogen and oxygen atoms in total. The first kappa shape index (κ1) is 20.7. The number of aromatic nitrogens is 2.